The number of rotatable bonds is 5. The van der Waals surface area contributed by atoms with E-state index in [4.69, 9.17) is 16.0 Å². The molecule has 2 N–H and O–H groups in total. The van der Waals surface area contributed by atoms with E-state index in [2.05, 4.69) is 10.0 Å². The predicted molar refractivity (Wildman–Crippen MR) is 81.4 cm³/mol. The summed E-state index contributed by atoms with van der Waals surface area (Å²) in [5.41, 5.74) is 0.262. The van der Waals surface area contributed by atoms with E-state index in [9.17, 15) is 17.6 Å². The zero-order valence-corrected chi connectivity index (χ0v) is 13.2. The average molecular weight is 359 g/mol. The van der Waals surface area contributed by atoms with Crippen LogP contribution in [-0.4, -0.2) is 20.4 Å². The van der Waals surface area contributed by atoms with Crippen LogP contribution in [0.3, 0.4) is 0 Å². The topological polar surface area (TPSA) is 88.4 Å². The number of hydrogen-bond acceptors (Lipinski definition) is 4. The molecule has 2 aromatic rings. The lowest BCUT2D eigenvalue weighted by Gasteiger charge is -2.04. The molecular weight excluding hydrogens is 347 g/mol. The molecule has 3 rings (SSSR count). The number of carbonyl (C=O) groups is 1. The van der Waals surface area contributed by atoms with E-state index in [0.29, 0.717) is 0 Å². The van der Waals surface area contributed by atoms with E-state index in [0.717, 1.165) is 18.9 Å². The predicted octanol–water partition coefficient (Wildman–Crippen LogP) is 2.77. The third-order valence-electron chi connectivity index (χ3n) is 3.15. The Morgan fingerprint density at radius 1 is 1.26 bits per heavy atom. The fourth-order valence-electron chi connectivity index (χ4n) is 1.83. The number of nitrogens with one attached hydrogen (secondary N) is 2. The highest BCUT2D eigenvalue weighted by Gasteiger charge is 2.30. The van der Waals surface area contributed by atoms with Crippen LogP contribution in [0.1, 0.15) is 23.4 Å². The van der Waals surface area contributed by atoms with Crippen LogP contribution < -0.4 is 10.0 Å². The summed E-state index contributed by atoms with van der Waals surface area (Å²) in [4.78, 5) is 12.0. The number of halogens is 2. The molecule has 0 radical (unpaired) electrons. The van der Waals surface area contributed by atoms with Crippen LogP contribution in [0.2, 0.25) is 5.02 Å². The first-order valence-electron chi connectivity index (χ1n) is 6.74. The fourth-order valence-corrected chi connectivity index (χ4v) is 3.25. The van der Waals surface area contributed by atoms with Crippen molar-refractivity contribution in [1.29, 1.82) is 0 Å². The van der Waals surface area contributed by atoms with Gasteiger partial charge in [0.1, 0.15) is 5.82 Å². The zero-order valence-electron chi connectivity index (χ0n) is 11.7. The van der Waals surface area contributed by atoms with E-state index < -0.39 is 21.7 Å². The Balaban J connectivity index is 1.74. The molecule has 6 nitrogen and oxygen atoms in total. The Hall–Kier alpha value is -1.90. The van der Waals surface area contributed by atoms with Gasteiger partial charge in [0.2, 0.25) is 5.09 Å². The monoisotopic (exact) mass is 358 g/mol. The van der Waals surface area contributed by atoms with Crippen molar-refractivity contribution in [3.05, 3.63) is 46.9 Å². The molecule has 1 aliphatic carbocycles. The summed E-state index contributed by atoms with van der Waals surface area (Å²) in [6.45, 7) is 0. The molecule has 23 heavy (non-hydrogen) atoms. The summed E-state index contributed by atoms with van der Waals surface area (Å²) < 4.78 is 44.5. The van der Waals surface area contributed by atoms with Gasteiger partial charge >= 0.3 is 0 Å². The molecule has 1 aliphatic rings. The fraction of sp³-hybridized carbons (Fsp3) is 0.214. The lowest BCUT2D eigenvalue weighted by atomic mass is 10.3. The van der Waals surface area contributed by atoms with Gasteiger partial charge in [-0.05, 0) is 43.2 Å². The number of anilines is 1. The van der Waals surface area contributed by atoms with Crippen LogP contribution in [0.15, 0.2) is 39.8 Å². The third-order valence-corrected chi connectivity index (χ3v) is 4.83. The summed E-state index contributed by atoms with van der Waals surface area (Å²) in [7, 11) is -3.76. The number of carbonyl (C=O) groups excluding carboxylic acids is 1. The van der Waals surface area contributed by atoms with Crippen molar-refractivity contribution in [2.75, 3.05) is 5.32 Å². The van der Waals surface area contributed by atoms with Crippen molar-refractivity contribution in [2.45, 2.75) is 24.0 Å². The minimum atomic E-state index is -3.76. The minimum Gasteiger partial charge on any atom is -0.438 e. The Bertz CT molecular complexity index is 861. The van der Waals surface area contributed by atoms with Crippen LogP contribution in [0.5, 0.6) is 0 Å². The first-order valence-corrected chi connectivity index (χ1v) is 8.60. The zero-order chi connectivity index (χ0) is 16.6. The van der Waals surface area contributed by atoms with Crippen LogP contribution in [0, 0.1) is 5.82 Å². The number of sulfonamides is 1. The van der Waals surface area contributed by atoms with Gasteiger partial charge in [0.25, 0.3) is 15.9 Å². The number of hydrogen-bond donors (Lipinski definition) is 2. The SMILES string of the molecule is O=C(Nc1ccc(F)c(Cl)c1)c1ccc(S(=O)(=O)NC2CC2)o1. The lowest BCUT2D eigenvalue weighted by molar-refractivity contribution is 0.0991. The molecule has 1 fully saturated rings. The molecule has 1 aromatic carbocycles. The Morgan fingerprint density at radius 3 is 2.65 bits per heavy atom. The lowest BCUT2D eigenvalue weighted by Crippen LogP contribution is -2.25. The highest BCUT2D eigenvalue weighted by molar-refractivity contribution is 7.89. The normalized spacial score (nSPS) is 14.7. The molecule has 0 bridgehead atoms. The van der Waals surface area contributed by atoms with Gasteiger partial charge < -0.3 is 9.73 Å². The van der Waals surface area contributed by atoms with E-state index in [1.807, 2.05) is 0 Å². The van der Waals surface area contributed by atoms with E-state index in [1.54, 1.807) is 0 Å². The second kappa shape index (κ2) is 5.95. The van der Waals surface area contributed by atoms with Gasteiger partial charge in [0.05, 0.1) is 5.02 Å². The highest BCUT2D eigenvalue weighted by atomic mass is 35.5. The van der Waals surface area contributed by atoms with Gasteiger partial charge in [-0.2, -0.15) is 0 Å². The molecule has 1 saturated carbocycles. The largest absolute Gasteiger partial charge is 0.438 e. The molecule has 0 saturated heterocycles. The molecule has 122 valence electrons. The van der Waals surface area contributed by atoms with Crippen LogP contribution in [0.4, 0.5) is 10.1 Å². The molecule has 1 heterocycles. The summed E-state index contributed by atoms with van der Waals surface area (Å²) in [5, 5.41) is 1.98. The van der Waals surface area contributed by atoms with E-state index >= 15 is 0 Å². The number of benzene rings is 1. The van der Waals surface area contributed by atoms with Gasteiger partial charge in [0, 0.05) is 11.7 Å². The molecule has 9 heteroatoms. The summed E-state index contributed by atoms with van der Waals surface area (Å²) in [6.07, 6.45) is 1.58. The van der Waals surface area contributed by atoms with Crippen molar-refractivity contribution in [3.8, 4) is 0 Å². The van der Waals surface area contributed by atoms with Crippen molar-refractivity contribution < 1.29 is 22.0 Å². The molecule has 0 atom stereocenters. The van der Waals surface area contributed by atoms with E-state index in [1.165, 1.54) is 24.3 Å². The van der Waals surface area contributed by atoms with Crippen LogP contribution in [0.25, 0.3) is 0 Å². The molecule has 0 unspecified atom stereocenters. The maximum atomic E-state index is 13.1. The first-order chi connectivity index (χ1) is 10.8. The second-order valence-corrected chi connectivity index (χ2v) is 7.15. The van der Waals surface area contributed by atoms with Gasteiger partial charge in [-0.15, -0.1) is 0 Å². The summed E-state index contributed by atoms with van der Waals surface area (Å²) >= 11 is 5.62. The van der Waals surface area contributed by atoms with Gasteiger partial charge in [-0.3, -0.25) is 4.79 Å². The van der Waals surface area contributed by atoms with Crippen molar-refractivity contribution in [2.24, 2.45) is 0 Å². The highest BCUT2D eigenvalue weighted by Crippen LogP contribution is 2.24. The maximum absolute atomic E-state index is 13.1. The Kier molecular flexibility index (Phi) is 4.13. The Labute approximate surface area is 136 Å². The van der Waals surface area contributed by atoms with Crippen LogP contribution in [-0.2, 0) is 10.0 Å². The standard InChI is InChI=1S/C14H12ClFN2O4S/c15-10-7-9(3-4-11(10)16)17-14(19)12-5-6-13(22-12)23(20,21)18-8-1-2-8/h3-8,18H,1-2H2,(H,17,19). The van der Waals surface area contributed by atoms with Gasteiger partial charge in [0.15, 0.2) is 5.76 Å². The maximum Gasteiger partial charge on any atom is 0.291 e. The molecule has 1 aromatic heterocycles. The van der Waals surface area contributed by atoms with Gasteiger partial charge in [-0.25, -0.2) is 17.5 Å². The first kappa shape index (κ1) is 16.0. The minimum absolute atomic E-state index is 0.0660. The molecule has 0 aliphatic heterocycles. The average Bonchev–Trinajstić information content (AvgIpc) is 3.13. The summed E-state index contributed by atoms with van der Waals surface area (Å²) in [5.74, 6) is -1.45. The quantitative estimate of drug-likeness (QED) is 0.860. The molecular formula is C14H12ClFN2O4S. The third kappa shape index (κ3) is 3.72. The smallest absolute Gasteiger partial charge is 0.291 e. The number of furan rings is 1. The molecule has 1 amide bonds. The van der Waals surface area contributed by atoms with Crippen molar-refractivity contribution >= 4 is 33.2 Å². The summed E-state index contributed by atoms with van der Waals surface area (Å²) in [6, 6.07) is 6.07. The van der Waals surface area contributed by atoms with Crippen molar-refractivity contribution in [3.63, 3.8) is 0 Å². The Morgan fingerprint density at radius 2 is 2.00 bits per heavy atom. The van der Waals surface area contributed by atoms with Crippen LogP contribution >= 0.6 is 11.6 Å². The molecule has 0 spiro atoms. The second-order valence-electron chi connectivity index (χ2n) is 5.10. The number of amides is 1. The van der Waals surface area contributed by atoms with E-state index in [-0.39, 0.29) is 27.6 Å². The van der Waals surface area contributed by atoms with Gasteiger partial charge in [-0.1, -0.05) is 11.6 Å². The van der Waals surface area contributed by atoms with Crippen molar-refractivity contribution in [1.82, 2.24) is 4.72 Å².